The predicted molar refractivity (Wildman–Crippen MR) is 114 cm³/mol. The van der Waals surface area contributed by atoms with E-state index in [9.17, 15) is 14.4 Å². The number of carbonyl (C=O) groups is 2. The number of benzene rings is 2. The molecule has 1 aliphatic heterocycles. The number of anilines is 1. The van der Waals surface area contributed by atoms with E-state index in [0.717, 1.165) is 0 Å². The number of ether oxygens (including phenoxy) is 1. The van der Waals surface area contributed by atoms with Crippen molar-refractivity contribution in [2.45, 2.75) is 25.4 Å². The quantitative estimate of drug-likeness (QED) is 0.662. The van der Waals surface area contributed by atoms with Crippen molar-refractivity contribution < 1.29 is 23.8 Å². The number of halogens is 1. The van der Waals surface area contributed by atoms with E-state index in [1.54, 1.807) is 47.4 Å². The van der Waals surface area contributed by atoms with Gasteiger partial charge in [0.05, 0.1) is 21.9 Å². The Hall–Kier alpha value is -3.32. The average Bonchev–Trinajstić information content (AvgIpc) is 2.72. The number of carbonyl (C=O) groups excluding carboxylic acids is 1. The molecule has 2 aliphatic rings. The first-order valence-corrected chi connectivity index (χ1v) is 10.4. The second kappa shape index (κ2) is 7.42. The molecule has 0 spiro atoms. The highest BCUT2D eigenvalue weighted by atomic mass is 35.5. The number of para-hydroxylation sites is 1. The fraction of sp³-hybridized carbons (Fsp3) is 0.261. The third kappa shape index (κ3) is 3.35. The van der Waals surface area contributed by atoms with E-state index in [2.05, 4.69) is 0 Å². The van der Waals surface area contributed by atoms with Gasteiger partial charge in [-0.1, -0.05) is 17.7 Å². The van der Waals surface area contributed by atoms with Crippen molar-refractivity contribution >= 4 is 40.1 Å². The third-order valence-corrected chi connectivity index (χ3v) is 6.18. The topological polar surface area (TPSA) is 97.1 Å². The molecule has 1 amide bonds. The number of nitrogens with zero attached hydrogens (tertiary/aromatic N) is 1. The molecule has 1 aromatic heterocycles. The maximum absolute atomic E-state index is 13.1. The van der Waals surface area contributed by atoms with E-state index >= 15 is 0 Å². The van der Waals surface area contributed by atoms with Gasteiger partial charge in [-0.15, -0.1) is 0 Å². The Kier molecular flexibility index (Phi) is 4.70. The van der Waals surface area contributed by atoms with E-state index < -0.39 is 11.9 Å². The molecular weight excluding hydrogens is 422 g/mol. The summed E-state index contributed by atoms with van der Waals surface area (Å²) >= 11 is 6.17. The van der Waals surface area contributed by atoms with Crippen molar-refractivity contribution in [3.8, 4) is 5.75 Å². The van der Waals surface area contributed by atoms with Gasteiger partial charge in [0, 0.05) is 12.2 Å². The highest BCUT2D eigenvalue weighted by Crippen LogP contribution is 2.33. The molecule has 0 unspecified atom stereocenters. The monoisotopic (exact) mass is 439 g/mol. The molecule has 8 heteroatoms. The molecule has 0 atom stereocenters. The number of hydrogen-bond donors (Lipinski definition) is 1. The van der Waals surface area contributed by atoms with Gasteiger partial charge in [0.2, 0.25) is 0 Å². The van der Waals surface area contributed by atoms with Crippen molar-refractivity contribution in [3.63, 3.8) is 0 Å². The molecule has 7 nitrogen and oxygen atoms in total. The number of carboxylic acid groups (broad SMARTS) is 1. The zero-order chi connectivity index (χ0) is 21.7. The average molecular weight is 440 g/mol. The Bertz CT molecular complexity index is 1260. The lowest BCUT2D eigenvalue weighted by molar-refractivity contribution is -0.147. The maximum Gasteiger partial charge on any atom is 0.306 e. The lowest BCUT2D eigenvalue weighted by Crippen LogP contribution is -2.40. The van der Waals surface area contributed by atoms with Crippen molar-refractivity contribution in [3.05, 3.63) is 69.0 Å². The van der Waals surface area contributed by atoms with E-state index in [4.69, 9.17) is 25.9 Å². The second-order valence-corrected chi connectivity index (χ2v) is 8.21. The fourth-order valence-electron chi connectivity index (χ4n) is 4.08. The first kappa shape index (κ1) is 19.6. The number of amides is 1. The van der Waals surface area contributed by atoms with Crippen molar-refractivity contribution in [2.24, 2.45) is 5.92 Å². The van der Waals surface area contributed by atoms with Crippen LogP contribution in [0.25, 0.3) is 11.0 Å². The van der Waals surface area contributed by atoms with E-state index in [-0.39, 0.29) is 33.8 Å². The van der Waals surface area contributed by atoms with E-state index in [1.807, 2.05) is 0 Å². The van der Waals surface area contributed by atoms with E-state index in [1.165, 1.54) is 0 Å². The second-order valence-electron chi connectivity index (χ2n) is 7.80. The summed E-state index contributed by atoms with van der Waals surface area (Å²) in [7, 11) is 0. The van der Waals surface area contributed by atoms with Gasteiger partial charge in [0.1, 0.15) is 11.9 Å². The van der Waals surface area contributed by atoms with Gasteiger partial charge in [0.25, 0.3) is 5.91 Å². The van der Waals surface area contributed by atoms with Crippen molar-refractivity contribution in [1.29, 1.82) is 0 Å². The molecule has 0 bridgehead atoms. The van der Waals surface area contributed by atoms with Gasteiger partial charge >= 0.3 is 5.97 Å². The molecule has 1 N–H and O–H groups in total. The van der Waals surface area contributed by atoms with E-state index in [0.29, 0.717) is 48.2 Å². The van der Waals surface area contributed by atoms with Crippen LogP contribution in [0.1, 0.15) is 29.0 Å². The smallest absolute Gasteiger partial charge is 0.306 e. The van der Waals surface area contributed by atoms with Crippen LogP contribution in [0.2, 0.25) is 5.02 Å². The Labute approximate surface area is 181 Å². The third-order valence-electron chi connectivity index (χ3n) is 5.88. The minimum atomic E-state index is -0.792. The Morgan fingerprint density at radius 3 is 2.58 bits per heavy atom. The Morgan fingerprint density at radius 1 is 1.13 bits per heavy atom. The summed E-state index contributed by atoms with van der Waals surface area (Å²) in [5.74, 6) is -0.885. The summed E-state index contributed by atoms with van der Waals surface area (Å²) < 4.78 is 11.6. The number of fused-ring (bicyclic) bond motifs is 2. The molecule has 5 rings (SSSR count). The van der Waals surface area contributed by atoms with Crippen LogP contribution in [0.15, 0.2) is 51.7 Å². The van der Waals surface area contributed by atoms with Gasteiger partial charge in [-0.3, -0.25) is 14.4 Å². The van der Waals surface area contributed by atoms with Crippen LogP contribution in [-0.2, 0) is 11.2 Å². The van der Waals surface area contributed by atoms with Crippen LogP contribution < -0.4 is 15.1 Å². The molecule has 1 fully saturated rings. The molecule has 2 heterocycles. The molecule has 3 aromatic rings. The minimum absolute atomic E-state index is 0.0198. The minimum Gasteiger partial charge on any atom is -0.490 e. The lowest BCUT2D eigenvalue weighted by atomic mass is 9.82. The van der Waals surface area contributed by atoms with Gasteiger partial charge < -0.3 is 19.2 Å². The standard InChI is InChI=1S/C23H18ClNO6/c24-18-3-1-2-16-19(26)17-8-9-25(22(27)21(17)31-20(16)18)13-4-6-14(7-5-13)30-15-10-12(11-15)23(28)29/h1-7,12,15H,8-11H2,(H,28,29). The van der Waals surface area contributed by atoms with Crippen LogP contribution in [0.5, 0.6) is 5.75 Å². The molecule has 1 aliphatic carbocycles. The van der Waals surface area contributed by atoms with Crippen LogP contribution >= 0.6 is 11.6 Å². The molecular formula is C23H18ClNO6. The number of hydrogen-bond acceptors (Lipinski definition) is 5. The summed E-state index contributed by atoms with van der Waals surface area (Å²) in [5, 5.41) is 9.61. The van der Waals surface area contributed by atoms with Crippen molar-refractivity contribution in [2.75, 3.05) is 11.4 Å². The van der Waals surface area contributed by atoms with Crippen LogP contribution in [-0.4, -0.2) is 29.6 Å². The predicted octanol–water partition coefficient (Wildman–Crippen LogP) is 3.89. The number of carboxylic acids is 1. The SMILES string of the molecule is O=C(O)C1CC(Oc2ccc(N3CCc4c(oc5c(Cl)cccc5c4=O)C3=O)cc2)C1. The number of aliphatic carboxylic acids is 1. The zero-order valence-corrected chi connectivity index (χ0v) is 17.1. The molecule has 0 radical (unpaired) electrons. The van der Waals surface area contributed by atoms with Gasteiger partial charge in [-0.2, -0.15) is 0 Å². The van der Waals surface area contributed by atoms with Gasteiger partial charge in [-0.25, -0.2) is 0 Å². The molecule has 1 saturated carbocycles. The Balaban J connectivity index is 1.38. The highest BCUT2D eigenvalue weighted by Gasteiger charge is 2.36. The first-order chi connectivity index (χ1) is 14.9. The molecule has 31 heavy (non-hydrogen) atoms. The van der Waals surface area contributed by atoms with Gasteiger partial charge in [-0.05, 0) is 55.7 Å². The van der Waals surface area contributed by atoms with Crippen LogP contribution in [0, 0.1) is 5.92 Å². The summed E-state index contributed by atoms with van der Waals surface area (Å²) in [6.45, 7) is 0.353. The summed E-state index contributed by atoms with van der Waals surface area (Å²) in [6, 6.07) is 12.0. The first-order valence-electron chi connectivity index (χ1n) is 9.98. The fourth-order valence-corrected chi connectivity index (χ4v) is 4.29. The van der Waals surface area contributed by atoms with Crippen LogP contribution in [0.4, 0.5) is 5.69 Å². The lowest BCUT2D eigenvalue weighted by Gasteiger charge is -2.32. The number of rotatable bonds is 4. The maximum atomic E-state index is 13.1. The summed E-state index contributed by atoms with van der Waals surface area (Å²) in [6.07, 6.45) is 1.26. The molecule has 0 saturated heterocycles. The van der Waals surface area contributed by atoms with Gasteiger partial charge in [0.15, 0.2) is 16.8 Å². The largest absolute Gasteiger partial charge is 0.490 e. The summed E-state index contributed by atoms with van der Waals surface area (Å²) in [5.41, 5.74) is 1.01. The summed E-state index contributed by atoms with van der Waals surface area (Å²) in [4.78, 5) is 38.4. The van der Waals surface area contributed by atoms with Crippen molar-refractivity contribution in [1.82, 2.24) is 0 Å². The van der Waals surface area contributed by atoms with Crippen LogP contribution in [0.3, 0.4) is 0 Å². The molecule has 158 valence electrons. The zero-order valence-electron chi connectivity index (χ0n) is 16.3. The normalized spacial score (nSPS) is 20.3. The highest BCUT2D eigenvalue weighted by molar-refractivity contribution is 6.34. The molecule has 2 aromatic carbocycles. The Morgan fingerprint density at radius 2 is 1.87 bits per heavy atom.